The van der Waals surface area contributed by atoms with Crippen LogP contribution < -0.4 is 0 Å². The van der Waals surface area contributed by atoms with Crippen molar-refractivity contribution in [1.29, 1.82) is 0 Å². The predicted octanol–water partition coefficient (Wildman–Crippen LogP) is 1.88. The molecule has 0 spiro atoms. The summed E-state index contributed by atoms with van der Waals surface area (Å²) in [6.45, 7) is 0.800. The van der Waals surface area contributed by atoms with Crippen LogP contribution in [-0.4, -0.2) is 45.4 Å². The molecule has 1 aromatic heterocycles. The Bertz CT molecular complexity index is 935. The fourth-order valence-electron chi connectivity index (χ4n) is 2.17. The van der Waals surface area contributed by atoms with Crippen molar-refractivity contribution in [3.05, 3.63) is 53.2 Å². The minimum absolute atomic E-state index is 0.000412. The summed E-state index contributed by atoms with van der Waals surface area (Å²) in [6.07, 6.45) is 0. The van der Waals surface area contributed by atoms with Crippen LogP contribution in [0.2, 0.25) is 0 Å². The molecule has 0 radical (unpaired) electrons. The molecule has 0 saturated carbocycles. The average molecular weight is 399 g/mol. The maximum atomic E-state index is 12.9. The van der Waals surface area contributed by atoms with Gasteiger partial charge in [0.15, 0.2) is 0 Å². The SMILES string of the molecule is COC(=O)c1oc(COC(=O)CN(C)S(=O)(=O)c2ccc(F)cc2)cc1C. The zero-order valence-electron chi connectivity index (χ0n) is 14.9. The molecule has 0 unspecified atom stereocenters. The van der Waals surface area contributed by atoms with Crippen molar-refractivity contribution in [3.8, 4) is 0 Å². The van der Waals surface area contributed by atoms with E-state index in [1.807, 2.05) is 0 Å². The Morgan fingerprint density at radius 2 is 1.85 bits per heavy atom. The lowest BCUT2D eigenvalue weighted by molar-refractivity contribution is -0.145. The molecule has 0 saturated heterocycles. The van der Waals surface area contributed by atoms with Gasteiger partial charge in [-0.1, -0.05) is 0 Å². The average Bonchev–Trinajstić information content (AvgIpc) is 3.00. The zero-order chi connectivity index (χ0) is 20.2. The molecular weight excluding hydrogens is 381 g/mol. The third-order valence-corrected chi connectivity index (χ3v) is 5.41. The van der Waals surface area contributed by atoms with Crippen molar-refractivity contribution >= 4 is 22.0 Å². The Morgan fingerprint density at radius 3 is 2.44 bits per heavy atom. The molecule has 0 bridgehead atoms. The number of rotatable bonds is 7. The third kappa shape index (κ3) is 4.92. The van der Waals surface area contributed by atoms with Crippen LogP contribution in [0.1, 0.15) is 21.9 Å². The van der Waals surface area contributed by atoms with Gasteiger partial charge in [0.2, 0.25) is 15.8 Å². The van der Waals surface area contributed by atoms with Gasteiger partial charge >= 0.3 is 11.9 Å². The first-order valence-corrected chi connectivity index (χ1v) is 9.14. The van der Waals surface area contributed by atoms with Crippen LogP contribution in [-0.2, 0) is 30.9 Å². The lowest BCUT2D eigenvalue weighted by Gasteiger charge is -2.16. The second-order valence-electron chi connectivity index (χ2n) is 5.59. The van der Waals surface area contributed by atoms with Crippen LogP contribution in [0, 0.1) is 12.7 Å². The maximum Gasteiger partial charge on any atom is 0.374 e. The normalized spacial score (nSPS) is 11.4. The number of likely N-dealkylation sites (N-methyl/N-ethyl adjacent to an activating group) is 1. The largest absolute Gasteiger partial charge is 0.463 e. The molecule has 0 atom stereocenters. The minimum Gasteiger partial charge on any atom is -0.463 e. The van der Waals surface area contributed by atoms with Gasteiger partial charge in [-0.25, -0.2) is 17.6 Å². The summed E-state index contributed by atoms with van der Waals surface area (Å²) in [5.74, 6) is -1.84. The molecule has 0 aliphatic carbocycles. The van der Waals surface area contributed by atoms with Gasteiger partial charge in [0.05, 0.1) is 12.0 Å². The molecule has 0 aliphatic rings. The Balaban J connectivity index is 1.97. The van der Waals surface area contributed by atoms with Crippen LogP contribution in [0.25, 0.3) is 0 Å². The summed E-state index contributed by atoms with van der Waals surface area (Å²) in [6, 6.07) is 5.74. The van der Waals surface area contributed by atoms with Crippen LogP contribution >= 0.6 is 0 Å². The highest BCUT2D eigenvalue weighted by Gasteiger charge is 2.24. The Hall–Kier alpha value is -2.72. The topological polar surface area (TPSA) is 103 Å². The van der Waals surface area contributed by atoms with E-state index in [0.29, 0.717) is 5.56 Å². The number of hydrogen-bond acceptors (Lipinski definition) is 7. The maximum absolute atomic E-state index is 12.9. The standard InChI is InChI=1S/C17H18FNO7S/c1-11-8-13(26-16(11)17(21)24-3)10-25-15(20)9-19(2)27(22,23)14-6-4-12(18)5-7-14/h4-8H,9-10H2,1-3H3. The van der Waals surface area contributed by atoms with E-state index in [9.17, 15) is 22.4 Å². The van der Waals surface area contributed by atoms with Gasteiger partial charge < -0.3 is 13.9 Å². The summed E-state index contributed by atoms with van der Waals surface area (Å²) in [5.41, 5.74) is 0.518. The summed E-state index contributed by atoms with van der Waals surface area (Å²) < 4.78 is 53.2. The second-order valence-corrected chi connectivity index (χ2v) is 7.64. The number of aryl methyl sites for hydroxylation is 1. The van der Waals surface area contributed by atoms with Gasteiger partial charge in [0.25, 0.3) is 0 Å². The van der Waals surface area contributed by atoms with Crippen molar-refractivity contribution in [2.24, 2.45) is 0 Å². The summed E-state index contributed by atoms with van der Waals surface area (Å²) in [5, 5.41) is 0. The van der Waals surface area contributed by atoms with Gasteiger partial charge in [-0.2, -0.15) is 4.31 Å². The molecule has 8 nitrogen and oxygen atoms in total. The summed E-state index contributed by atoms with van der Waals surface area (Å²) >= 11 is 0. The monoisotopic (exact) mass is 399 g/mol. The van der Waals surface area contributed by atoms with E-state index in [1.165, 1.54) is 20.2 Å². The molecule has 0 N–H and O–H groups in total. The number of benzene rings is 1. The molecule has 146 valence electrons. The fraction of sp³-hybridized carbons (Fsp3) is 0.294. The van der Waals surface area contributed by atoms with Gasteiger partial charge in [-0.05, 0) is 37.3 Å². The van der Waals surface area contributed by atoms with Gasteiger partial charge in [0.1, 0.15) is 24.7 Å². The number of methoxy groups -OCH3 is 1. The highest BCUT2D eigenvalue weighted by molar-refractivity contribution is 7.89. The molecule has 2 aromatic rings. The minimum atomic E-state index is -3.97. The van der Waals surface area contributed by atoms with Crippen LogP contribution in [0.3, 0.4) is 0 Å². The molecular formula is C17H18FNO7S. The molecule has 27 heavy (non-hydrogen) atoms. The van der Waals surface area contributed by atoms with E-state index < -0.39 is 34.3 Å². The van der Waals surface area contributed by atoms with Crippen molar-refractivity contribution in [3.63, 3.8) is 0 Å². The third-order valence-electron chi connectivity index (χ3n) is 3.59. The van der Waals surface area contributed by atoms with Crippen LogP contribution in [0.15, 0.2) is 39.6 Å². The first kappa shape index (κ1) is 20.6. The number of carbonyl (C=O) groups is 2. The Kier molecular flexibility index (Phi) is 6.34. The molecule has 1 heterocycles. The lowest BCUT2D eigenvalue weighted by Crippen LogP contribution is -2.33. The predicted molar refractivity (Wildman–Crippen MR) is 90.8 cm³/mol. The van der Waals surface area contributed by atoms with Crippen LogP contribution in [0.5, 0.6) is 0 Å². The molecule has 0 amide bonds. The van der Waals surface area contributed by atoms with E-state index in [0.717, 1.165) is 28.6 Å². The van der Waals surface area contributed by atoms with Crippen molar-refractivity contribution in [2.75, 3.05) is 20.7 Å². The number of hydrogen-bond donors (Lipinski definition) is 0. The number of furan rings is 1. The quantitative estimate of drug-likeness (QED) is 0.655. The van der Waals surface area contributed by atoms with E-state index in [2.05, 4.69) is 4.74 Å². The number of nitrogens with zero attached hydrogens (tertiary/aromatic N) is 1. The molecule has 2 rings (SSSR count). The zero-order valence-corrected chi connectivity index (χ0v) is 15.7. The summed E-state index contributed by atoms with van der Waals surface area (Å²) in [7, 11) is -1.56. The summed E-state index contributed by atoms with van der Waals surface area (Å²) in [4.78, 5) is 23.2. The van der Waals surface area contributed by atoms with Crippen molar-refractivity contribution in [2.45, 2.75) is 18.4 Å². The van der Waals surface area contributed by atoms with Crippen molar-refractivity contribution in [1.82, 2.24) is 4.31 Å². The second kappa shape index (κ2) is 8.31. The van der Waals surface area contributed by atoms with Crippen molar-refractivity contribution < 1.29 is 36.3 Å². The molecule has 10 heteroatoms. The van der Waals surface area contributed by atoms with Gasteiger partial charge in [-0.15, -0.1) is 0 Å². The number of halogens is 1. The number of ether oxygens (including phenoxy) is 2. The number of esters is 2. The van der Waals surface area contributed by atoms with E-state index >= 15 is 0 Å². The molecule has 0 aliphatic heterocycles. The smallest absolute Gasteiger partial charge is 0.374 e. The highest BCUT2D eigenvalue weighted by Crippen LogP contribution is 2.17. The van der Waals surface area contributed by atoms with E-state index in [-0.39, 0.29) is 23.0 Å². The lowest BCUT2D eigenvalue weighted by atomic mass is 10.3. The first-order chi connectivity index (χ1) is 12.6. The number of carbonyl (C=O) groups excluding carboxylic acids is 2. The van der Waals surface area contributed by atoms with Gasteiger partial charge in [0, 0.05) is 12.6 Å². The highest BCUT2D eigenvalue weighted by atomic mass is 32.2. The molecule has 1 aromatic carbocycles. The van der Waals surface area contributed by atoms with E-state index in [1.54, 1.807) is 6.92 Å². The Labute approximate surface area is 155 Å². The fourth-order valence-corrected chi connectivity index (χ4v) is 3.28. The van der Waals surface area contributed by atoms with Gasteiger partial charge in [-0.3, -0.25) is 4.79 Å². The van der Waals surface area contributed by atoms with Crippen LogP contribution in [0.4, 0.5) is 4.39 Å². The number of sulfonamides is 1. The Morgan fingerprint density at radius 1 is 1.22 bits per heavy atom. The molecule has 0 fully saturated rings. The van der Waals surface area contributed by atoms with E-state index in [4.69, 9.17) is 9.15 Å². The first-order valence-electron chi connectivity index (χ1n) is 7.70.